The molecule has 138 valence electrons. The summed E-state index contributed by atoms with van der Waals surface area (Å²) >= 11 is 0. The van der Waals surface area contributed by atoms with E-state index in [-0.39, 0.29) is 5.97 Å². The van der Waals surface area contributed by atoms with Crippen LogP contribution in [0.25, 0.3) is 6.08 Å². The first-order chi connectivity index (χ1) is 12.3. The van der Waals surface area contributed by atoms with Crippen LogP contribution in [0.4, 0.5) is 0 Å². The highest BCUT2D eigenvalue weighted by molar-refractivity contribution is 5.87. The topological polar surface area (TPSA) is 26.3 Å². The Morgan fingerprint density at radius 2 is 1.48 bits per heavy atom. The van der Waals surface area contributed by atoms with Crippen LogP contribution in [0.5, 0.6) is 0 Å². The Kier molecular flexibility index (Phi) is 13.3. The molecule has 0 N–H and O–H groups in total. The second-order valence-corrected chi connectivity index (χ2v) is 6.52. The summed E-state index contributed by atoms with van der Waals surface area (Å²) in [4.78, 5) is 11.6. The minimum atomic E-state index is -0.330. The Balaban J connectivity index is 1.93. The molecule has 25 heavy (non-hydrogen) atoms. The number of ether oxygens (including phenoxy) is 1. The summed E-state index contributed by atoms with van der Waals surface area (Å²) in [5.41, 5.74) is 0.994. The van der Waals surface area contributed by atoms with Crippen molar-refractivity contribution in [1.29, 1.82) is 0 Å². The molecule has 0 aliphatic heterocycles. The van der Waals surface area contributed by atoms with Crippen LogP contribution in [0.15, 0.2) is 48.7 Å². The Labute approximate surface area is 154 Å². The Morgan fingerprint density at radius 3 is 2.12 bits per heavy atom. The second kappa shape index (κ2) is 15.7. The van der Waals surface area contributed by atoms with Crippen molar-refractivity contribution >= 4 is 12.0 Å². The van der Waals surface area contributed by atoms with Crippen LogP contribution < -0.4 is 0 Å². The van der Waals surface area contributed by atoms with Gasteiger partial charge in [-0.2, -0.15) is 0 Å². The van der Waals surface area contributed by atoms with Crippen LogP contribution in [0.3, 0.4) is 0 Å². The van der Waals surface area contributed by atoms with Crippen molar-refractivity contribution in [2.24, 2.45) is 0 Å². The van der Waals surface area contributed by atoms with Crippen LogP contribution >= 0.6 is 0 Å². The van der Waals surface area contributed by atoms with Crippen LogP contribution in [-0.4, -0.2) is 5.97 Å². The fourth-order valence-corrected chi connectivity index (χ4v) is 2.70. The van der Waals surface area contributed by atoms with Gasteiger partial charge in [-0.25, -0.2) is 4.79 Å². The zero-order valence-electron chi connectivity index (χ0n) is 15.8. The van der Waals surface area contributed by atoms with Gasteiger partial charge < -0.3 is 4.74 Å². The zero-order chi connectivity index (χ0) is 18.0. The lowest BCUT2D eigenvalue weighted by atomic mass is 10.1. The van der Waals surface area contributed by atoms with Gasteiger partial charge in [-0.05, 0) is 30.6 Å². The molecule has 0 amide bonds. The Hall–Kier alpha value is -1.83. The molecule has 0 spiro atoms. The Bertz CT molecular complexity index is 488. The molecule has 1 aromatic rings. The minimum Gasteiger partial charge on any atom is -0.432 e. The fraction of sp³-hybridized carbons (Fsp3) is 0.522. The number of hydrogen-bond donors (Lipinski definition) is 0. The lowest BCUT2D eigenvalue weighted by Crippen LogP contribution is -1.93. The standard InChI is InChI=1S/C23H34O2/c1-2-3-4-5-6-7-8-9-10-11-12-16-21-25-23(24)20-19-22-17-14-13-15-18-22/h13-21H,2-12H2,1H3/b20-19?,21-16-. The van der Waals surface area contributed by atoms with Crippen molar-refractivity contribution < 1.29 is 9.53 Å². The molecule has 0 bridgehead atoms. The van der Waals surface area contributed by atoms with E-state index in [4.69, 9.17) is 4.74 Å². The van der Waals surface area contributed by atoms with Crippen molar-refractivity contribution in [3.63, 3.8) is 0 Å². The van der Waals surface area contributed by atoms with Crippen LogP contribution in [0, 0.1) is 0 Å². The number of esters is 1. The molecule has 0 aliphatic rings. The van der Waals surface area contributed by atoms with Crippen LogP contribution in [0.2, 0.25) is 0 Å². The third-order valence-corrected chi connectivity index (χ3v) is 4.22. The van der Waals surface area contributed by atoms with Gasteiger partial charge in [-0.1, -0.05) is 95.0 Å². The summed E-state index contributed by atoms with van der Waals surface area (Å²) in [5.74, 6) is -0.330. The van der Waals surface area contributed by atoms with Crippen molar-refractivity contribution in [2.75, 3.05) is 0 Å². The van der Waals surface area contributed by atoms with Gasteiger partial charge in [0.15, 0.2) is 0 Å². The van der Waals surface area contributed by atoms with Crippen molar-refractivity contribution in [3.8, 4) is 0 Å². The third kappa shape index (κ3) is 13.2. The molecule has 0 atom stereocenters. The molecule has 2 heteroatoms. The van der Waals surface area contributed by atoms with E-state index in [1.807, 2.05) is 36.4 Å². The predicted octanol–water partition coefficient (Wildman–Crippen LogP) is 7.07. The van der Waals surface area contributed by atoms with E-state index >= 15 is 0 Å². The molecule has 0 saturated heterocycles. The summed E-state index contributed by atoms with van der Waals surface area (Å²) < 4.78 is 5.05. The molecule has 0 aromatic heterocycles. The number of hydrogen-bond acceptors (Lipinski definition) is 2. The van der Waals surface area contributed by atoms with E-state index in [9.17, 15) is 4.79 Å². The molecule has 0 heterocycles. The summed E-state index contributed by atoms with van der Waals surface area (Å²) in [6, 6.07) is 9.73. The van der Waals surface area contributed by atoms with Crippen LogP contribution in [-0.2, 0) is 9.53 Å². The molecule has 1 aromatic carbocycles. The largest absolute Gasteiger partial charge is 0.432 e. The first kappa shape index (κ1) is 21.2. The van der Waals surface area contributed by atoms with Gasteiger partial charge >= 0.3 is 5.97 Å². The summed E-state index contributed by atoms with van der Waals surface area (Å²) in [6.45, 7) is 2.26. The van der Waals surface area contributed by atoms with Crippen molar-refractivity contribution in [3.05, 3.63) is 54.3 Å². The average Bonchev–Trinajstić information content (AvgIpc) is 2.64. The average molecular weight is 343 g/mol. The van der Waals surface area contributed by atoms with Gasteiger partial charge in [0, 0.05) is 6.08 Å². The van der Waals surface area contributed by atoms with E-state index in [2.05, 4.69) is 6.92 Å². The second-order valence-electron chi connectivity index (χ2n) is 6.52. The summed E-state index contributed by atoms with van der Waals surface area (Å²) in [7, 11) is 0. The maximum Gasteiger partial charge on any atom is 0.335 e. The monoisotopic (exact) mass is 342 g/mol. The highest BCUT2D eigenvalue weighted by Crippen LogP contribution is 2.11. The molecular weight excluding hydrogens is 308 g/mol. The zero-order valence-corrected chi connectivity index (χ0v) is 15.8. The number of carbonyl (C=O) groups is 1. The van der Waals surface area contributed by atoms with Gasteiger partial charge in [0.1, 0.15) is 0 Å². The number of rotatable bonds is 14. The third-order valence-electron chi connectivity index (χ3n) is 4.22. The van der Waals surface area contributed by atoms with E-state index in [0.717, 1.165) is 12.0 Å². The first-order valence-corrected chi connectivity index (χ1v) is 9.91. The quantitative estimate of drug-likeness (QED) is 0.156. The lowest BCUT2D eigenvalue weighted by molar-refractivity contribution is -0.132. The van der Waals surface area contributed by atoms with Gasteiger partial charge in [0.2, 0.25) is 0 Å². The Morgan fingerprint density at radius 1 is 0.880 bits per heavy atom. The van der Waals surface area contributed by atoms with Crippen molar-refractivity contribution in [2.45, 2.75) is 77.6 Å². The smallest absolute Gasteiger partial charge is 0.335 e. The highest BCUT2D eigenvalue weighted by Gasteiger charge is 1.94. The molecule has 1 rings (SSSR count). The molecule has 0 radical (unpaired) electrons. The SMILES string of the molecule is CCCCCCCCCCCC/C=C\OC(=O)C=Cc1ccccc1. The summed E-state index contributed by atoms with van der Waals surface area (Å²) in [5, 5.41) is 0. The normalized spacial score (nSPS) is 11.4. The van der Waals surface area contributed by atoms with E-state index in [1.54, 1.807) is 6.08 Å². The number of carbonyl (C=O) groups excluding carboxylic acids is 1. The molecule has 0 aliphatic carbocycles. The number of allylic oxidation sites excluding steroid dienone is 1. The lowest BCUT2D eigenvalue weighted by Gasteiger charge is -2.01. The van der Waals surface area contributed by atoms with Crippen LogP contribution in [0.1, 0.15) is 83.1 Å². The van der Waals surface area contributed by atoms with Gasteiger partial charge in [-0.3, -0.25) is 0 Å². The maximum absolute atomic E-state index is 11.6. The maximum atomic E-state index is 11.6. The minimum absolute atomic E-state index is 0.330. The van der Waals surface area contributed by atoms with E-state index in [0.29, 0.717) is 0 Å². The fourth-order valence-electron chi connectivity index (χ4n) is 2.70. The number of benzene rings is 1. The molecular formula is C23H34O2. The van der Waals surface area contributed by atoms with Gasteiger partial charge in [-0.15, -0.1) is 0 Å². The van der Waals surface area contributed by atoms with Gasteiger partial charge in [0.05, 0.1) is 6.26 Å². The molecule has 0 saturated carbocycles. The molecule has 2 nitrogen and oxygen atoms in total. The van der Waals surface area contributed by atoms with E-state index < -0.39 is 0 Å². The highest BCUT2D eigenvalue weighted by atomic mass is 16.5. The van der Waals surface area contributed by atoms with Crippen molar-refractivity contribution in [1.82, 2.24) is 0 Å². The molecule has 0 unspecified atom stereocenters. The van der Waals surface area contributed by atoms with Gasteiger partial charge in [0.25, 0.3) is 0 Å². The summed E-state index contributed by atoms with van der Waals surface area (Å²) in [6.07, 6.45) is 21.1. The van der Waals surface area contributed by atoms with E-state index in [1.165, 1.54) is 76.5 Å². The molecule has 0 fully saturated rings. The number of unbranched alkanes of at least 4 members (excludes halogenated alkanes) is 10. The predicted molar refractivity (Wildman–Crippen MR) is 107 cm³/mol. The first-order valence-electron chi connectivity index (χ1n) is 9.91.